The minimum Gasteiger partial charge on any atom is -0.463 e. The molecule has 0 N–H and O–H groups in total. The highest BCUT2D eigenvalue weighted by Crippen LogP contribution is 2.25. The molecule has 7 nitrogen and oxygen atoms in total. The first-order valence-electron chi connectivity index (χ1n) is 7.94. The maximum Gasteiger partial charge on any atom is 0.306 e. The number of carbonyl (C=O) groups is 2. The second-order valence-corrected chi connectivity index (χ2v) is 5.90. The van der Waals surface area contributed by atoms with E-state index in [9.17, 15) is 9.59 Å². The van der Waals surface area contributed by atoms with Crippen LogP contribution >= 0.6 is 0 Å². The Morgan fingerprint density at radius 3 is 2.22 bits per heavy atom. The van der Waals surface area contributed by atoms with Crippen LogP contribution in [0.5, 0.6) is 0 Å². The van der Waals surface area contributed by atoms with Gasteiger partial charge in [-0.2, -0.15) is 0 Å². The average molecular weight is 332 g/mol. The van der Waals surface area contributed by atoms with Gasteiger partial charge in [0.1, 0.15) is 12.7 Å². The van der Waals surface area contributed by atoms with Gasteiger partial charge in [-0.3, -0.25) is 9.59 Å². The van der Waals surface area contributed by atoms with Crippen LogP contribution in [0, 0.1) is 5.92 Å². The smallest absolute Gasteiger partial charge is 0.306 e. The normalized spacial score (nSPS) is 24.0. The Labute approximate surface area is 137 Å². The standard InChI is InChI=1S/C16H28O7/c1-11-7-12(2)22-14(11)10-21-15(17)5-6-16(18)23-13(8-19-3)9-20-4/h11-14H,5-10H2,1-4H3. The van der Waals surface area contributed by atoms with E-state index in [1.807, 2.05) is 6.92 Å². The molecule has 0 aliphatic carbocycles. The molecule has 1 fully saturated rings. The molecule has 134 valence electrons. The Bertz CT molecular complexity index is 365. The van der Waals surface area contributed by atoms with Crippen molar-refractivity contribution in [1.82, 2.24) is 0 Å². The van der Waals surface area contributed by atoms with Crippen molar-refractivity contribution in [1.29, 1.82) is 0 Å². The van der Waals surface area contributed by atoms with E-state index in [0.717, 1.165) is 6.42 Å². The highest BCUT2D eigenvalue weighted by molar-refractivity contribution is 5.77. The monoisotopic (exact) mass is 332 g/mol. The zero-order chi connectivity index (χ0) is 17.2. The molecule has 1 aliphatic heterocycles. The van der Waals surface area contributed by atoms with Crippen molar-refractivity contribution in [2.75, 3.05) is 34.0 Å². The molecule has 3 unspecified atom stereocenters. The summed E-state index contributed by atoms with van der Waals surface area (Å²) in [5.74, 6) is -0.529. The van der Waals surface area contributed by atoms with Crippen molar-refractivity contribution < 1.29 is 33.3 Å². The summed E-state index contributed by atoms with van der Waals surface area (Å²) in [6.07, 6.45) is 0.593. The van der Waals surface area contributed by atoms with Crippen LogP contribution in [0.1, 0.15) is 33.1 Å². The first kappa shape index (κ1) is 19.9. The third-order valence-corrected chi connectivity index (χ3v) is 3.69. The fourth-order valence-corrected chi connectivity index (χ4v) is 2.55. The van der Waals surface area contributed by atoms with Crippen molar-refractivity contribution in [2.45, 2.75) is 51.4 Å². The molecule has 1 rings (SSSR count). The third kappa shape index (κ3) is 7.76. The Morgan fingerprint density at radius 1 is 1.09 bits per heavy atom. The van der Waals surface area contributed by atoms with E-state index in [4.69, 9.17) is 23.7 Å². The molecule has 0 aromatic heterocycles. The topological polar surface area (TPSA) is 80.3 Å². The molecule has 0 spiro atoms. The molecule has 3 atom stereocenters. The van der Waals surface area contributed by atoms with E-state index >= 15 is 0 Å². The van der Waals surface area contributed by atoms with Gasteiger partial charge in [0, 0.05) is 14.2 Å². The number of carbonyl (C=O) groups excluding carboxylic acids is 2. The third-order valence-electron chi connectivity index (χ3n) is 3.69. The maximum atomic E-state index is 11.7. The number of hydrogen-bond acceptors (Lipinski definition) is 7. The van der Waals surface area contributed by atoms with E-state index in [-0.39, 0.29) is 44.9 Å². The average Bonchev–Trinajstić information content (AvgIpc) is 2.81. The molecule has 1 aliphatic rings. The van der Waals surface area contributed by atoms with Crippen molar-refractivity contribution >= 4 is 11.9 Å². The Hall–Kier alpha value is -1.18. The lowest BCUT2D eigenvalue weighted by atomic mass is 10.0. The number of esters is 2. The number of methoxy groups -OCH3 is 2. The first-order valence-corrected chi connectivity index (χ1v) is 7.94. The van der Waals surface area contributed by atoms with Crippen molar-refractivity contribution in [3.05, 3.63) is 0 Å². The van der Waals surface area contributed by atoms with Gasteiger partial charge in [0.25, 0.3) is 0 Å². The minimum absolute atomic E-state index is 0.0117. The Morgan fingerprint density at radius 2 is 1.70 bits per heavy atom. The molecule has 0 saturated carbocycles. The summed E-state index contributed by atoms with van der Waals surface area (Å²) in [6.45, 7) is 4.81. The van der Waals surface area contributed by atoms with Crippen LogP contribution < -0.4 is 0 Å². The van der Waals surface area contributed by atoms with Crippen molar-refractivity contribution in [3.63, 3.8) is 0 Å². The van der Waals surface area contributed by atoms with Crippen LogP contribution in [0.4, 0.5) is 0 Å². The maximum absolute atomic E-state index is 11.7. The van der Waals surface area contributed by atoms with E-state index in [1.54, 1.807) is 0 Å². The van der Waals surface area contributed by atoms with E-state index in [2.05, 4.69) is 6.92 Å². The predicted octanol–water partition coefficient (Wildman–Crippen LogP) is 1.33. The van der Waals surface area contributed by atoms with Gasteiger partial charge in [-0.05, 0) is 19.3 Å². The molecule has 23 heavy (non-hydrogen) atoms. The zero-order valence-corrected chi connectivity index (χ0v) is 14.4. The van der Waals surface area contributed by atoms with E-state index < -0.39 is 18.0 Å². The molecule has 1 heterocycles. The summed E-state index contributed by atoms with van der Waals surface area (Å²) in [5.41, 5.74) is 0. The van der Waals surface area contributed by atoms with Crippen LogP contribution in [0.2, 0.25) is 0 Å². The summed E-state index contributed by atoms with van der Waals surface area (Å²) < 4.78 is 25.9. The van der Waals surface area contributed by atoms with Gasteiger partial charge in [-0.1, -0.05) is 6.92 Å². The predicted molar refractivity (Wildman–Crippen MR) is 81.9 cm³/mol. The van der Waals surface area contributed by atoms with Crippen LogP contribution in [0.25, 0.3) is 0 Å². The van der Waals surface area contributed by atoms with Crippen molar-refractivity contribution in [2.24, 2.45) is 5.92 Å². The first-order chi connectivity index (χ1) is 11.0. The van der Waals surface area contributed by atoms with Gasteiger partial charge in [-0.25, -0.2) is 0 Å². The second kappa shape index (κ2) is 10.6. The molecular weight excluding hydrogens is 304 g/mol. The van der Waals surface area contributed by atoms with Gasteiger partial charge in [-0.15, -0.1) is 0 Å². The van der Waals surface area contributed by atoms with Gasteiger partial charge in [0.15, 0.2) is 0 Å². The van der Waals surface area contributed by atoms with E-state index in [1.165, 1.54) is 14.2 Å². The van der Waals surface area contributed by atoms with Crippen LogP contribution in [0.15, 0.2) is 0 Å². The van der Waals surface area contributed by atoms with Gasteiger partial charge < -0.3 is 23.7 Å². The zero-order valence-electron chi connectivity index (χ0n) is 14.4. The van der Waals surface area contributed by atoms with Gasteiger partial charge >= 0.3 is 11.9 Å². The molecular formula is C16H28O7. The van der Waals surface area contributed by atoms with Crippen LogP contribution in [-0.2, 0) is 33.3 Å². The van der Waals surface area contributed by atoms with Crippen LogP contribution in [-0.4, -0.2) is 64.3 Å². The molecule has 0 aromatic rings. The lowest BCUT2D eigenvalue weighted by Gasteiger charge is -2.16. The summed E-state index contributed by atoms with van der Waals surface area (Å²) in [5, 5.41) is 0. The second-order valence-electron chi connectivity index (χ2n) is 5.90. The Balaban J connectivity index is 2.20. The summed E-state index contributed by atoms with van der Waals surface area (Å²) in [6, 6.07) is 0. The lowest BCUT2D eigenvalue weighted by molar-refractivity contribution is -0.158. The summed E-state index contributed by atoms with van der Waals surface area (Å²) >= 11 is 0. The fraction of sp³-hybridized carbons (Fsp3) is 0.875. The largest absolute Gasteiger partial charge is 0.463 e. The summed E-state index contributed by atoms with van der Waals surface area (Å²) in [4.78, 5) is 23.4. The minimum atomic E-state index is -0.472. The number of rotatable bonds is 10. The van der Waals surface area contributed by atoms with Crippen molar-refractivity contribution in [3.8, 4) is 0 Å². The summed E-state index contributed by atoms with van der Waals surface area (Å²) in [7, 11) is 3.03. The quantitative estimate of drug-likeness (QED) is 0.558. The molecule has 0 bridgehead atoms. The lowest BCUT2D eigenvalue weighted by Crippen LogP contribution is -2.28. The molecule has 1 saturated heterocycles. The SMILES string of the molecule is COCC(COC)OC(=O)CCC(=O)OCC1OC(C)CC1C. The molecule has 0 radical (unpaired) electrons. The Kier molecular flexibility index (Phi) is 9.13. The van der Waals surface area contributed by atoms with Gasteiger partial charge in [0.05, 0.1) is 38.3 Å². The molecule has 7 heteroatoms. The number of ether oxygens (including phenoxy) is 5. The van der Waals surface area contributed by atoms with E-state index in [0.29, 0.717) is 5.92 Å². The number of hydrogen-bond donors (Lipinski definition) is 0. The highest BCUT2D eigenvalue weighted by Gasteiger charge is 2.30. The van der Waals surface area contributed by atoms with Gasteiger partial charge in [0.2, 0.25) is 0 Å². The van der Waals surface area contributed by atoms with Crippen LogP contribution in [0.3, 0.4) is 0 Å². The molecule has 0 aromatic carbocycles. The fourth-order valence-electron chi connectivity index (χ4n) is 2.55. The molecule has 0 amide bonds. The highest BCUT2D eigenvalue weighted by atomic mass is 16.6.